The molecule has 1 amide bonds. The van der Waals surface area contributed by atoms with Crippen molar-refractivity contribution in [3.05, 3.63) is 26.3 Å². The highest BCUT2D eigenvalue weighted by Crippen LogP contribution is 2.33. The maximum Gasteiger partial charge on any atom is 0.296 e. The Bertz CT molecular complexity index is 430. The van der Waals surface area contributed by atoms with Crippen LogP contribution in [0, 0.1) is 3.57 Å². The lowest BCUT2D eigenvalue weighted by molar-refractivity contribution is -0.112. The van der Waals surface area contributed by atoms with Crippen molar-refractivity contribution in [2.75, 3.05) is 5.32 Å². The van der Waals surface area contributed by atoms with Gasteiger partial charge in [0.25, 0.3) is 11.7 Å². The second kappa shape index (κ2) is 2.95. The number of ketones is 1. The molecule has 5 heteroatoms. The monoisotopic (exact) mass is 307 g/mol. The van der Waals surface area contributed by atoms with Crippen molar-refractivity contribution in [1.82, 2.24) is 0 Å². The summed E-state index contributed by atoms with van der Waals surface area (Å²) in [5.41, 5.74) is 0.821. The van der Waals surface area contributed by atoms with E-state index in [1.807, 2.05) is 22.6 Å². The van der Waals surface area contributed by atoms with Gasteiger partial charge >= 0.3 is 0 Å². The van der Waals surface area contributed by atoms with Gasteiger partial charge in [-0.05, 0) is 34.7 Å². The molecule has 13 heavy (non-hydrogen) atoms. The van der Waals surface area contributed by atoms with Gasteiger partial charge in [-0.15, -0.1) is 0 Å². The van der Waals surface area contributed by atoms with Crippen molar-refractivity contribution < 1.29 is 9.59 Å². The highest BCUT2D eigenvalue weighted by atomic mass is 127. The van der Waals surface area contributed by atoms with Gasteiger partial charge in [0.15, 0.2) is 0 Å². The molecule has 0 aliphatic carbocycles. The average molecular weight is 307 g/mol. The third-order valence-corrected chi connectivity index (χ3v) is 2.99. The van der Waals surface area contributed by atoms with Crippen LogP contribution in [0.4, 0.5) is 5.69 Å². The Morgan fingerprint density at radius 3 is 2.62 bits per heavy atom. The number of carbonyl (C=O) groups is 2. The van der Waals surface area contributed by atoms with Crippen LogP contribution in [0.25, 0.3) is 0 Å². The molecule has 1 N–H and O–H groups in total. The number of anilines is 1. The number of benzene rings is 1. The van der Waals surface area contributed by atoms with E-state index in [2.05, 4.69) is 5.32 Å². The van der Waals surface area contributed by atoms with E-state index in [4.69, 9.17) is 11.6 Å². The molecule has 3 nitrogen and oxygen atoms in total. The molecule has 0 spiro atoms. The summed E-state index contributed by atoms with van der Waals surface area (Å²) in [6, 6.07) is 3.36. The third-order valence-electron chi connectivity index (χ3n) is 1.78. The minimum atomic E-state index is -0.610. The molecular weight excluding hydrogens is 304 g/mol. The number of rotatable bonds is 0. The lowest BCUT2D eigenvalue weighted by atomic mass is 10.1. The summed E-state index contributed by atoms with van der Waals surface area (Å²) in [6.45, 7) is 0. The van der Waals surface area contributed by atoms with Gasteiger partial charge in [0, 0.05) is 3.57 Å². The molecule has 0 atom stereocenters. The summed E-state index contributed by atoms with van der Waals surface area (Å²) < 4.78 is 0.816. The first-order chi connectivity index (χ1) is 6.11. The van der Waals surface area contributed by atoms with Crippen molar-refractivity contribution in [1.29, 1.82) is 0 Å². The van der Waals surface area contributed by atoms with Gasteiger partial charge in [0.1, 0.15) is 0 Å². The van der Waals surface area contributed by atoms with E-state index in [0.717, 1.165) is 3.57 Å². The zero-order valence-corrected chi connectivity index (χ0v) is 9.14. The van der Waals surface area contributed by atoms with Gasteiger partial charge < -0.3 is 5.32 Å². The fraction of sp³-hybridized carbons (Fsp3) is 0. The van der Waals surface area contributed by atoms with Crippen LogP contribution in [0.3, 0.4) is 0 Å². The summed E-state index contributed by atoms with van der Waals surface area (Å²) >= 11 is 7.82. The predicted octanol–water partition coefficient (Wildman–Crippen LogP) is 2.08. The van der Waals surface area contributed by atoms with Crippen LogP contribution in [-0.2, 0) is 4.79 Å². The van der Waals surface area contributed by atoms with Gasteiger partial charge in [-0.3, -0.25) is 9.59 Å². The van der Waals surface area contributed by atoms with Crippen molar-refractivity contribution in [2.24, 2.45) is 0 Å². The Morgan fingerprint density at radius 2 is 2.00 bits per heavy atom. The second-order valence-corrected chi connectivity index (χ2v) is 4.13. The molecular formula is C8H3ClINO2. The van der Waals surface area contributed by atoms with Crippen LogP contribution in [0.2, 0.25) is 5.02 Å². The SMILES string of the molecule is O=C1Nc2c(I)ccc(Cl)c2C1=O. The van der Waals surface area contributed by atoms with E-state index >= 15 is 0 Å². The number of fused-ring (bicyclic) bond motifs is 1. The van der Waals surface area contributed by atoms with Crippen LogP contribution in [0.1, 0.15) is 10.4 Å². The maximum atomic E-state index is 11.3. The minimum absolute atomic E-state index is 0.290. The molecule has 0 fully saturated rings. The normalized spacial score (nSPS) is 14.3. The molecule has 0 aromatic heterocycles. The molecule has 0 bridgehead atoms. The fourth-order valence-electron chi connectivity index (χ4n) is 1.18. The van der Waals surface area contributed by atoms with E-state index in [1.165, 1.54) is 0 Å². The van der Waals surface area contributed by atoms with Gasteiger partial charge in [-0.2, -0.15) is 0 Å². The molecule has 1 aliphatic rings. The Balaban J connectivity index is 2.75. The Hall–Kier alpha value is -0.620. The van der Waals surface area contributed by atoms with Crippen LogP contribution < -0.4 is 5.32 Å². The average Bonchev–Trinajstić information content (AvgIpc) is 2.38. The summed E-state index contributed by atoms with van der Waals surface area (Å²) in [5.74, 6) is -1.17. The van der Waals surface area contributed by atoms with Crippen molar-refractivity contribution in [3.8, 4) is 0 Å². The van der Waals surface area contributed by atoms with Crippen molar-refractivity contribution in [2.45, 2.75) is 0 Å². The van der Waals surface area contributed by atoms with Gasteiger partial charge in [-0.25, -0.2) is 0 Å². The Morgan fingerprint density at radius 1 is 1.31 bits per heavy atom. The maximum absolute atomic E-state index is 11.3. The molecule has 1 heterocycles. The van der Waals surface area contributed by atoms with E-state index < -0.39 is 11.7 Å². The number of carbonyl (C=O) groups excluding carboxylic acids is 2. The van der Waals surface area contributed by atoms with E-state index in [1.54, 1.807) is 12.1 Å². The first-order valence-corrected chi connectivity index (χ1v) is 4.90. The van der Waals surface area contributed by atoms with Crippen molar-refractivity contribution in [3.63, 3.8) is 0 Å². The Labute approximate surface area is 92.6 Å². The number of amides is 1. The predicted molar refractivity (Wildman–Crippen MR) is 57.1 cm³/mol. The minimum Gasteiger partial charge on any atom is -0.317 e. The van der Waals surface area contributed by atoms with E-state index in [-0.39, 0.29) is 0 Å². The molecule has 0 saturated heterocycles. The highest BCUT2D eigenvalue weighted by molar-refractivity contribution is 14.1. The molecule has 1 aromatic carbocycles. The van der Waals surface area contributed by atoms with E-state index in [0.29, 0.717) is 16.3 Å². The van der Waals surface area contributed by atoms with Gasteiger partial charge in [0.05, 0.1) is 16.3 Å². The fourth-order valence-corrected chi connectivity index (χ4v) is 2.01. The summed E-state index contributed by atoms with van der Waals surface area (Å²) in [6.07, 6.45) is 0. The first-order valence-electron chi connectivity index (χ1n) is 3.45. The molecule has 0 saturated carbocycles. The number of hydrogen-bond acceptors (Lipinski definition) is 2. The van der Waals surface area contributed by atoms with Gasteiger partial charge in [0.2, 0.25) is 0 Å². The smallest absolute Gasteiger partial charge is 0.296 e. The quantitative estimate of drug-likeness (QED) is 0.589. The summed E-state index contributed by atoms with van der Waals surface area (Å²) in [4.78, 5) is 22.3. The number of Topliss-reactive ketones (excluding diaryl/α,β-unsaturated/α-hetero) is 1. The van der Waals surface area contributed by atoms with Crippen LogP contribution >= 0.6 is 34.2 Å². The second-order valence-electron chi connectivity index (χ2n) is 2.56. The van der Waals surface area contributed by atoms with Crippen LogP contribution in [-0.4, -0.2) is 11.7 Å². The number of halogens is 2. The summed E-state index contributed by atoms with van der Waals surface area (Å²) in [5, 5.41) is 2.79. The highest BCUT2D eigenvalue weighted by Gasteiger charge is 2.31. The zero-order valence-electron chi connectivity index (χ0n) is 6.23. The topological polar surface area (TPSA) is 46.2 Å². The number of nitrogens with one attached hydrogen (secondary N) is 1. The molecule has 1 aliphatic heterocycles. The van der Waals surface area contributed by atoms with E-state index in [9.17, 15) is 9.59 Å². The van der Waals surface area contributed by atoms with Crippen LogP contribution in [0.5, 0.6) is 0 Å². The third kappa shape index (κ3) is 1.24. The molecule has 66 valence electrons. The van der Waals surface area contributed by atoms with Gasteiger partial charge in [-0.1, -0.05) is 11.6 Å². The van der Waals surface area contributed by atoms with Crippen LogP contribution in [0.15, 0.2) is 12.1 Å². The standard InChI is InChI=1S/C8H3ClINO2/c9-3-1-2-4(10)6-5(3)7(12)8(13)11-6/h1-2H,(H,11,12,13). The molecule has 2 rings (SSSR count). The lowest BCUT2D eigenvalue weighted by Gasteiger charge is -2.00. The van der Waals surface area contributed by atoms with Crippen molar-refractivity contribution >= 4 is 51.6 Å². The lowest BCUT2D eigenvalue weighted by Crippen LogP contribution is -2.12. The first kappa shape index (κ1) is 8.96. The zero-order chi connectivity index (χ0) is 9.59. The molecule has 1 aromatic rings. The Kier molecular flexibility index (Phi) is 2.03. The molecule has 0 radical (unpaired) electrons. The molecule has 0 unspecified atom stereocenters. The summed E-state index contributed by atoms with van der Waals surface area (Å²) in [7, 11) is 0. The largest absolute Gasteiger partial charge is 0.317 e. The number of hydrogen-bond donors (Lipinski definition) is 1.